The summed E-state index contributed by atoms with van der Waals surface area (Å²) in [5.74, 6) is -0.345. The number of aliphatic hydroxyl groups is 2. The standard InChI is InChI=1S/C11H14FNO2/c12-9-1-2-11(8(5-9)7-14)13-4-3-10(15)6-13/h1-2,5,10,14-15H,3-4,6-7H2. The second-order valence-electron chi connectivity index (χ2n) is 3.82. The molecule has 4 heteroatoms. The van der Waals surface area contributed by atoms with Crippen molar-refractivity contribution in [1.29, 1.82) is 0 Å². The molecule has 1 fully saturated rings. The number of nitrogens with zero attached hydrogens (tertiary/aromatic N) is 1. The third-order valence-corrected chi connectivity index (χ3v) is 2.72. The van der Waals surface area contributed by atoms with Gasteiger partial charge < -0.3 is 15.1 Å². The average Bonchev–Trinajstić information content (AvgIpc) is 2.64. The van der Waals surface area contributed by atoms with Crippen LogP contribution in [0.4, 0.5) is 10.1 Å². The highest BCUT2D eigenvalue weighted by molar-refractivity contribution is 5.54. The lowest BCUT2D eigenvalue weighted by atomic mass is 10.1. The van der Waals surface area contributed by atoms with Crippen molar-refractivity contribution in [3.63, 3.8) is 0 Å². The maximum atomic E-state index is 12.9. The van der Waals surface area contributed by atoms with Gasteiger partial charge >= 0.3 is 0 Å². The van der Waals surface area contributed by atoms with Gasteiger partial charge in [0.05, 0.1) is 12.7 Å². The van der Waals surface area contributed by atoms with Crippen LogP contribution in [0, 0.1) is 5.82 Å². The molecule has 0 radical (unpaired) electrons. The number of β-amino-alcohol motifs (C(OH)–C–C–N with tert-alkyl or cyclic N) is 1. The van der Waals surface area contributed by atoms with E-state index in [9.17, 15) is 9.50 Å². The number of hydrogen-bond acceptors (Lipinski definition) is 3. The fourth-order valence-corrected chi connectivity index (χ4v) is 1.95. The normalized spacial score (nSPS) is 21.0. The van der Waals surface area contributed by atoms with Crippen molar-refractivity contribution in [3.05, 3.63) is 29.6 Å². The Kier molecular flexibility index (Phi) is 2.88. The quantitative estimate of drug-likeness (QED) is 0.763. The SMILES string of the molecule is OCc1cc(F)ccc1N1CCC(O)C1. The van der Waals surface area contributed by atoms with Gasteiger partial charge in [-0.3, -0.25) is 0 Å². The van der Waals surface area contributed by atoms with Crippen LogP contribution in [-0.2, 0) is 6.61 Å². The van der Waals surface area contributed by atoms with Gasteiger partial charge in [-0.1, -0.05) is 0 Å². The van der Waals surface area contributed by atoms with Crippen molar-refractivity contribution in [1.82, 2.24) is 0 Å². The molecule has 0 saturated carbocycles. The smallest absolute Gasteiger partial charge is 0.123 e. The zero-order valence-corrected chi connectivity index (χ0v) is 8.36. The molecule has 1 aliphatic heterocycles. The highest BCUT2D eigenvalue weighted by Gasteiger charge is 2.22. The highest BCUT2D eigenvalue weighted by atomic mass is 19.1. The van der Waals surface area contributed by atoms with E-state index in [4.69, 9.17) is 5.11 Å². The van der Waals surface area contributed by atoms with Gasteiger partial charge in [0.1, 0.15) is 5.82 Å². The summed E-state index contributed by atoms with van der Waals surface area (Å²) in [5.41, 5.74) is 1.39. The predicted molar refractivity (Wildman–Crippen MR) is 55.2 cm³/mol. The van der Waals surface area contributed by atoms with Crippen LogP contribution < -0.4 is 4.90 Å². The van der Waals surface area contributed by atoms with Crippen LogP contribution in [-0.4, -0.2) is 29.4 Å². The fourth-order valence-electron chi connectivity index (χ4n) is 1.95. The van der Waals surface area contributed by atoms with E-state index in [2.05, 4.69) is 0 Å². The Morgan fingerprint density at radius 2 is 2.27 bits per heavy atom. The first kappa shape index (κ1) is 10.4. The largest absolute Gasteiger partial charge is 0.392 e. The van der Waals surface area contributed by atoms with Crippen LogP contribution in [0.1, 0.15) is 12.0 Å². The zero-order chi connectivity index (χ0) is 10.8. The van der Waals surface area contributed by atoms with Crippen molar-refractivity contribution in [2.24, 2.45) is 0 Å². The summed E-state index contributed by atoms with van der Waals surface area (Å²) < 4.78 is 12.9. The molecular weight excluding hydrogens is 197 g/mol. The van der Waals surface area contributed by atoms with E-state index in [-0.39, 0.29) is 18.5 Å². The third kappa shape index (κ3) is 2.11. The molecule has 0 amide bonds. The minimum absolute atomic E-state index is 0.181. The number of halogens is 1. The summed E-state index contributed by atoms with van der Waals surface area (Å²) in [5, 5.41) is 18.5. The molecule has 2 N–H and O–H groups in total. The average molecular weight is 211 g/mol. The molecule has 1 aromatic rings. The van der Waals surface area contributed by atoms with Gasteiger partial charge in [0.25, 0.3) is 0 Å². The Balaban J connectivity index is 2.27. The summed E-state index contributed by atoms with van der Waals surface area (Å²) in [6.07, 6.45) is 0.406. The molecular formula is C11H14FNO2. The molecule has 0 spiro atoms. The minimum Gasteiger partial charge on any atom is -0.392 e. The molecule has 1 atom stereocenters. The van der Waals surface area contributed by atoms with E-state index in [0.717, 1.165) is 18.7 Å². The molecule has 0 bridgehead atoms. The maximum Gasteiger partial charge on any atom is 0.123 e. The zero-order valence-electron chi connectivity index (χ0n) is 8.36. The van der Waals surface area contributed by atoms with Crippen molar-refractivity contribution >= 4 is 5.69 Å². The number of aliphatic hydroxyl groups excluding tert-OH is 2. The van der Waals surface area contributed by atoms with Gasteiger partial charge in [0, 0.05) is 24.3 Å². The Morgan fingerprint density at radius 3 is 2.87 bits per heavy atom. The van der Waals surface area contributed by atoms with E-state index in [1.54, 1.807) is 6.07 Å². The molecule has 2 rings (SSSR count). The Bertz CT molecular complexity index is 356. The first-order chi connectivity index (χ1) is 7.20. The van der Waals surface area contributed by atoms with E-state index in [1.807, 2.05) is 4.90 Å². The van der Waals surface area contributed by atoms with Crippen LogP contribution in [0.2, 0.25) is 0 Å². The van der Waals surface area contributed by atoms with Gasteiger partial charge in [-0.2, -0.15) is 0 Å². The number of anilines is 1. The molecule has 1 unspecified atom stereocenters. The lowest BCUT2D eigenvalue weighted by molar-refractivity contribution is 0.198. The summed E-state index contributed by atoms with van der Waals surface area (Å²) in [7, 11) is 0. The number of hydrogen-bond donors (Lipinski definition) is 2. The fraction of sp³-hybridized carbons (Fsp3) is 0.455. The Labute approximate surface area is 87.8 Å². The number of benzene rings is 1. The summed E-state index contributed by atoms with van der Waals surface area (Å²) in [4.78, 5) is 1.97. The molecule has 0 aliphatic carbocycles. The third-order valence-electron chi connectivity index (χ3n) is 2.72. The van der Waals surface area contributed by atoms with Crippen molar-refractivity contribution < 1.29 is 14.6 Å². The Morgan fingerprint density at radius 1 is 1.47 bits per heavy atom. The maximum absolute atomic E-state index is 12.9. The lowest BCUT2D eigenvalue weighted by Gasteiger charge is -2.20. The second kappa shape index (κ2) is 4.16. The molecule has 15 heavy (non-hydrogen) atoms. The molecule has 1 aromatic carbocycles. The van der Waals surface area contributed by atoms with Gasteiger partial charge in [-0.05, 0) is 24.6 Å². The molecule has 3 nitrogen and oxygen atoms in total. The first-order valence-electron chi connectivity index (χ1n) is 5.03. The topological polar surface area (TPSA) is 43.7 Å². The Hall–Kier alpha value is -1.13. The number of rotatable bonds is 2. The second-order valence-corrected chi connectivity index (χ2v) is 3.82. The van der Waals surface area contributed by atoms with Crippen molar-refractivity contribution in [2.45, 2.75) is 19.1 Å². The van der Waals surface area contributed by atoms with E-state index < -0.39 is 0 Å². The molecule has 0 aromatic heterocycles. The van der Waals surface area contributed by atoms with Crippen LogP contribution >= 0.6 is 0 Å². The molecule has 1 aliphatic rings. The summed E-state index contributed by atoms with van der Waals surface area (Å²) in [6.45, 7) is 1.12. The highest BCUT2D eigenvalue weighted by Crippen LogP contribution is 2.25. The van der Waals surface area contributed by atoms with E-state index in [0.29, 0.717) is 12.1 Å². The molecule has 1 saturated heterocycles. The monoisotopic (exact) mass is 211 g/mol. The van der Waals surface area contributed by atoms with Crippen LogP contribution in [0.25, 0.3) is 0 Å². The van der Waals surface area contributed by atoms with E-state index >= 15 is 0 Å². The summed E-state index contributed by atoms with van der Waals surface area (Å²) in [6, 6.07) is 4.36. The summed E-state index contributed by atoms with van der Waals surface area (Å²) >= 11 is 0. The first-order valence-corrected chi connectivity index (χ1v) is 5.03. The van der Waals surface area contributed by atoms with Gasteiger partial charge in [0.2, 0.25) is 0 Å². The van der Waals surface area contributed by atoms with Crippen LogP contribution in [0.5, 0.6) is 0 Å². The van der Waals surface area contributed by atoms with Gasteiger partial charge in [-0.15, -0.1) is 0 Å². The van der Waals surface area contributed by atoms with Crippen molar-refractivity contribution in [2.75, 3.05) is 18.0 Å². The van der Waals surface area contributed by atoms with Gasteiger partial charge in [0.15, 0.2) is 0 Å². The van der Waals surface area contributed by atoms with Crippen molar-refractivity contribution in [3.8, 4) is 0 Å². The van der Waals surface area contributed by atoms with E-state index in [1.165, 1.54) is 12.1 Å². The predicted octanol–water partition coefficient (Wildman–Crippen LogP) is 0.889. The van der Waals surface area contributed by atoms with Crippen LogP contribution in [0.15, 0.2) is 18.2 Å². The molecule has 1 heterocycles. The molecule has 82 valence electrons. The minimum atomic E-state index is -0.345. The lowest BCUT2D eigenvalue weighted by Crippen LogP contribution is -2.22. The van der Waals surface area contributed by atoms with Gasteiger partial charge in [-0.25, -0.2) is 4.39 Å². The van der Waals surface area contributed by atoms with Crippen LogP contribution in [0.3, 0.4) is 0 Å².